The largest absolute Gasteiger partial charge is 0.252 e. The van der Waals surface area contributed by atoms with Crippen LogP contribution in [0.5, 0.6) is 0 Å². The molecule has 0 unspecified atom stereocenters. The SMILES string of the molecule is c1ccc(-c2nc(-c3ccc4ccc(-c5ccc6c7ccccc7c7ccccc7c6c5)cc4c3)nc(-c3cc4ccc5ccccc5c4cn3)n2)cc1. The molecule has 0 N–H and O–H groups in total. The minimum Gasteiger partial charge on any atom is -0.252 e. The molecule has 2 aromatic heterocycles. The first kappa shape index (κ1) is 30.3. The van der Waals surface area contributed by atoms with Crippen LogP contribution in [0.4, 0.5) is 0 Å². The lowest BCUT2D eigenvalue weighted by molar-refractivity contribution is 1.06. The van der Waals surface area contributed by atoms with Crippen molar-refractivity contribution in [1.29, 1.82) is 0 Å². The first-order valence-corrected chi connectivity index (χ1v) is 18.2. The molecule has 0 saturated carbocycles. The van der Waals surface area contributed by atoms with Crippen LogP contribution in [-0.2, 0) is 0 Å². The molecule has 4 heteroatoms. The molecule has 0 radical (unpaired) electrons. The fourth-order valence-corrected chi connectivity index (χ4v) is 8.01. The highest BCUT2D eigenvalue weighted by molar-refractivity contribution is 6.25. The first-order chi connectivity index (χ1) is 26.7. The molecule has 9 aromatic carbocycles. The Labute approximate surface area is 311 Å². The average Bonchev–Trinajstić information content (AvgIpc) is 3.26. The summed E-state index contributed by atoms with van der Waals surface area (Å²) in [6.45, 7) is 0. The number of nitrogens with zero attached hydrogens (tertiary/aromatic N) is 4. The van der Waals surface area contributed by atoms with Gasteiger partial charge in [-0.1, -0.05) is 152 Å². The molecule has 11 rings (SSSR count). The zero-order chi connectivity index (χ0) is 35.6. The quantitative estimate of drug-likeness (QED) is 0.173. The summed E-state index contributed by atoms with van der Waals surface area (Å²) in [7, 11) is 0. The normalized spacial score (nSPS) is 11.7. The van der Waals surface area contributed by atoms with Crippen molar-refractivity contribution < 1.29 is 0 Å². The van der Waals surface area contributed by atoms with Gasteiger partial charge in [0.15, 0.2) is 17.5 Å². The van der Waals surface area contributed by atoms with Crippen LogP contribution in [0.2, 0.25) is 0 Å². The maximum absolute atomic E-state index is 5.06. The van der Waals surface area contributed by atoms with E-state index in [9.17, 15) is 0 Å². The zero-order valence-corrected chi connectivity index (χ0v) is 29.1. The van der Waals surface area contributed by atoms with Crippen molar-refractivity contribution in [2.24, 2.45) is 0 Å². The van der Waals surface area contributed by atoms with Gasteiger partial charge in [-0.15, -0.1) is 0 Å². The number of aromatic nitrogens is 4. The minimum atomic E-state index is 0.540. The summed E-state index contributed by atoms with van der Waals surface area (Å²) in [6, 6.07) is 62.3. The average molecular weight is 687 g/mol. The molecule has 250 valence electrons. The first-order valence-electron chi connectivity index (χ1n) is 18.2. The van der Waals surface area contributed by atoms with Gasteiger partial charge in [0.25, 0.3) is 0 Å². The molecule has 0 saturated heterocycles. The second-order valence-corrected chi connectivity index (χ2v) is 13.9. The molecule has 0 aliphatic rings. The van der Waals surface area contributed by atoms with Crippen molar-refractivity contribution >= 4 is 64.6 Å². The molecule has 4 nitrogen and oxygen atoms in total. The standard InChI is InChI=1S/C50H30N4/c1-2-11-33(12-3-1)48-52-49(54-50(53-48)47-29-36-22-20-32-10-4-5-13-39(32)46(36)30-51-47)37-23-19-31-18-21-34(26-38(31)27-37)35-24-25-44-42-16-7-6-14-40(42)41-15-8-9-17-43(41)45(44)28-35/h1-30H. The van der Waals surface area contributed by atoms with Crippen LogP contribution < -0.4 is 0 Å². The molecule has 0 spiro atoms. The molecule has 0 amide bonds. The minimum absolute atomic E-state index is 0.540. The van der Waals surface area contributed by atoms with E-state index in [2.05, 4.69) is 146 Å². The third-order valence-electron chi connectivity index (χ3n) is 10.7. The molecule has 2 heterocycles. The number of hydrogen-bond acceptors (Lipinski definition) is 4. The van der Waals surface area contributed by atoms with E-state index < -0.39 is 0 Å². The third kappa shape index (κ3) is 5.00. The van der Waals surface area contributed by atoms with Crippen LogP contribution >= 0.6 is 0 Å². The van der Waals surface area contributed by atoms with Gasteiger partial charge in [0.1, 0.15) is 5.69 Å². The highest BCUT2D eigenvalue weighted by Crippen LogP contribution is 2.38. The second-order valence-electron chi connectivity index (χ2n) is 13.9. The second kappa shape index (κ2) is 12.1. The number of pyridine rings is 1. The molecule has 0 fully saturated rings. The van der Waals surface area contributed by atoms with Crippen LogP contribution in [0.1, 0.15) is 0 Å². The van der Waals surface area contributed by atoms with E-state index in [0.717, 1.165) is 38.2 Å². The van der Waals surface area contributed by atoms with E-state index in [1.54, 1.807) is 0 Å². The van der Waals surface area contributed by atoms with Crippen molar-refractivity contribution in [3.63, 3.8) is 0 Å². The van der Waals surface area contributed by atoms with Gasteiger partial charge >= 0.3 is 0 Å². The Balaban J connectivity index is 1.04. The summed E-state index contributed by atoms with van der Waals surface area (Å²) < 4.78 is 0. The highest BCUT2D eigenvalue weighted by atomic mass is 15.0. The Hall–Kier alpha value is -7.30. The van der Waals surface area contributed by atoms with Gasteiger partial charge in [-0.3, -0.25) is 4.98 Å². The highest BCUT2D eigenvalue weighted by Gasteiger charge is 2.15. The summed E-state index contributed by atoms with van der Waals surface area (Å²) in [5, 5.41) is 14.5. The fourth-order valence-electron chi connectivity index (χ4n) is 8.01. The number of hydrogen-bond donors (Lipinski definition) is 0. The van der Waals surface area contributed by atoms with Crippen molar-refractivity contribution in [2.45, 2.75) is 0 Å². The molecule has 0 atom stereocenters. The summed E-state index contributed by atoms with van der Waals surface area (Å²) in [6.07, 6.45) is 1.94. The van der Waals surface area contributed by atoms with Gasteiger partial charge in [-0.05, 0) is 94.6 Å². The molecule has 0 bridgehead atoms. The maximum Gasteiger partial charge on any atom is 0.182 e. The topological polar surface area (TPSA) is 51.6 Å². The van der Waals surface area contributed by atoms with Crippen LogP contribution in [0.25, 0.3) is 110 Å². The summed E-state index contributed by atoms with van der Waals surface area (Å²) >= 11 is 0. The molecule has 0 aliphatic carbocycles. The zero-order valence-electron chi connectivity index (χ0n) is 29.1. The van der Waals surface area contributed by atoms with Crippen molar-refractivity contribution in [2.75, 3.05) is 0 Å². The van der Waals surface area contributed by atoms with E-state index in [1.807, 2.05) is 36.5 Å². The van der Waals surface area contributed by atoms with E-state index in [-0.39, 0.29) is 0 Å². The van der Waals surface area contributed by atoms with E-state index in [1.165, 1.54) is 48.7 Å². The summed E-state index contributed by atoms with van der Waals surface area (Å²) in [5.74, 6) is 1.76. The summed E-state index contributed by atoms with van der Waals surface area (Å²) in [4.78, 5) is 19.9. The van der Waals surface area contributed by atoms with Crippen LogP contribution in [0.3, 0.4) is 0 Å². The Morgan fingerprint density at radius 2 is 0.778 bits per heavy atom. The smallest absolute Gasteiger partial charge is 0.182 e. The van der Waals surface area contributed by atoms with E-state index >= 15 is 0 Å². The molecule has 0 aliphatic heterocycles. The predicted octanol–water partition coefficient (Wildman–Crippen LogP) is 12.9. The van der Waals surface area contributed by atoms with Gasteiger partial charge in [0, 0.05) is 22.7 Å². The Kier molecular flexibility index (Phi) is 6.82. The van der Waals surface area contributed by atoms with Gasteiger partial charge in [0.05, 0.1) is 0 Å². The fraction of sp³-hybridized carbons (Fsp3) is 0. The molecule has 54 heavy (non-hydrogen) atoms. The van der Waals surface area contributed by atoms with Crippen LogP contribution in [0, 0.1) is 0 Å². The third-order valence-corrected chi connectivity index (χ3v) is 10.7. The Bertz CT molecular complexity index is 3240. The van der Waals surface area contributed by atoms with Crippen molar-refractivity contribution in [1.82, 2.24) is 19.9 Å². The number of rotatable bonds is 4. The van der Waals surface area contributed by atoms with Gasteiger partial charge < -0.3 is 0 Å². The van der Waals surface area contributed by atoms with Crippen LogP contribution in [0.15, 0.2) is 182 Å². The predicted molar refractivity (Wildman–Crippen MR) is 224 cm³/mol. The molecular formula is C50H30N4. The Morgan fingerprint density at radius 1 is 0.259 bits per heavy atom. The molecular weight excluding hydrogens is 657 g/mol. The van der Waals surface area contributed by atoms with Gasteiger partial charge in [0.2, 0.25) is 0 Å². The van der Waals surface area contributed by atoms with Crippen molar-refractivity contribution in [3.8, 4) is 45.4 Å². The van der Waals surface area contributed by atoms with Gasteiger partial charge in [-0.25, -0.2) is 15.0 Å². The number of fused-ring (bicyclic) bond motifs is 10. The van der Waals surface area contributed by atoms with Crippen LogP contribution in [-0.4, -0.2) is 19.9 Å². The maximum atomic E-state index is 5.06. The van der Waals surface area contributed by atoms with Crippen molar-refractivity contribution in [3.05, 3.63) is 182 Å². The lowest BCUT2D eigenvalue weighted by Crippen LogP contribution is -2.01. The summed E-state index contributed by atoms with van der Waals surface area (Å²) in [5.41, 5.74) is 4.89. The lowest BCUT2D eigenvalue weighted by atomic mass is 9.91. The van der Waals surface area contributed by atoms with Gasteiger partial charge in [-0.2, -0.15) is 0 Å². The van der Waals surface area contributed by atoms with E-state index in [0.29, 0.717) is 23.2 Å². The van der Waals surface area contributed by atoms with E-state index in [4.69, 9.17) is 19.9 Å². The monoisotopic (exact) mass is 686 g/mol. The molecule has 11 aromatic rings. The number of benzene rings is 9. The Morgan fingerprint density at radius 3 is 1.54 bits per heavy atom. The lowest BCUT2D eigenvalue weighted by Gasteiger charge is -2.12.